The minimum Gasteiger partial charge on any atom is -0.258 e. The van der Waals surface area contributed by atoms with Gasteiger partial charge in [-0.15, -0.1) is 0 Å². The van der Waals surface area contributed by atoms with E-state index < -0.39 is 0 Å². The summed E-state index contributed by atoms with van der Waals surface area (Å²) in [4.78, 5) is 10.9. The van der Waals surface area contributed by atoms with Gasteiger partial charge in [-0.3, -0.25) is 10.1 Å². The Kier molecular flexibility index (Phi) is 4.92. The molecule has 0 bridgehead atoms. The highest BCUT2D eigenvalue weighted by molar-refractivity contribution is 9.10. The number of hydrogen-bond donors (Lipinski definition) is 0. The molecule has 0 radical (unpaired) electrons. The average Bonchev–Trinajstić information content (AvgIpc) is 2.26. The van der Waals surface area contributed by atoms with Crippen molar-refractivity contribution in [3.63, 3.8) is 0 Å². The zero-order chi connectivity index (χ0) is 12.3. The zero-order valence-corrected chi connectivity index (χ0v) is 12.3. The summed E-state index contributed by atoms with van der Waals surface area (Å²) in [6.07, 6.45) is 0.939. The van der Waals surface area contributed by atoms with Gasteiger partial charge in [-0.2, -0.15) is 0 Å². The van der Waals surface area contributed by atoms with Crippen LogP contribution < -0.4 is 0 Å². The van der Waals surface area contributed by atoms with Crippen LogP contribution in [0.25, 0.3) is 0 Å². The third kappa shape index (κ3) is 3.04. The van der Waals surface area contributed by atoms with Crippen molar-refractivity contribution >= 4 is 37.5 Å². The Labute approximate surface area is 112 Å². The molecule has 88 valence electrons. The summed E-state index contributed by atoms with van der Waals surface area (Å²) in [5, 5.41) is 11.0. The summed E-state index contributed by atoms with van der Waals surface area (Å²) in [6.45, 7) is 4.06. The Morgan fingerprint density at radius 2 is 2.12 bits per heavy atom. The number of alkyl halides is 1. The number of nitro benzene ring substituents is 1. The summed E-state index contributed by atoms with van der Waals surface area (Å²) in [5.74, 6) is 0.124. The molecular weight excluding hydrogens is 338 g/mol. The predicted octanol–water partition coefficient (Wildman–Crippen LogP) is 4.63. The molecule has 2 unspecified atom stereocenters. The minimum atomic E-state index is -0.327. The Bertz CT molecular complexity index is 396. The molecule has 3 nitrogen and oxygen atoms in total. The van der Waals surface area contributed by atoms with Crippen LogP contribution in [-0.4, -0.2) is 9.75 Å². The molecule has 0 saturated heterocycles. The van der Waals surface area contributed by atoms with Gasteiger partial charge in [0.1, 0.15) is 0 Å². The lowest BCUT2D eigenvalue weighted by atomic mass is 9.95. The van der Waals surface area contributed by atoms with E-state index in [1.165, 1.54) is 0 Å². The molecule has 0 aromatic heterocycles. The lowest BCUT2D eigenvalue weighted by Crippen LogP contribution is -2.10. The van der Waals surface area contributed by atoms with Crippen LogP contribution in [-0.2, 0) is 0 Å². The molecule has 0 saturated carbocycles. The van der Waals surface area contributed by atoms with E-state index in [2.05, 4.69) is 38.8 Å². The van der Waals surface area contributed by atoms with E-state index in [0.29, 0.717) is 0 Å². The summed E-state index contributed by atoms with van der Waals surface area (Å²) in [6, 6.07) is 5.21. The second-order valence-electron chi connectivity index (χ2n) is 3.67. The minimum absolute atomic E-state index is 0.124. The maximum absolute atomic E-state index is 11.0. The van der Waals surface area contributed by atoms with Crippen LogP contribution in [0.1, 0.15) is 31.7 Å². The molecule has 1 aromatic carbocycles. The van der Waals surface area contributed by atoms with Crippen molar-refractivity contribution in [1.82, 2.24) is 0 Å². The lowest BCUT2D eigenvalue weighted by molar-refractivity contribution is -0.385. The monoisotopic (exact) mass is 349 g/mol. The molecule has 0 N–H and O–H groups in total. The molecule has 16 heavy (non-hydrogen) atoms. The number of rotatable bonds is 4. The van der Waals surface area contributed by atoms with E-state index in [1.54, 1.807) is 6.07 Å². The number of benzene rings is 1. The van der Waals surface area contributed by atoms with Gasteiger partial charge >= 0.3 is 0 Å². The first-order valence-corrected chi connectivity index (χ1v) is 6.76. The number of hydrogen-bond acceptors (Lipinski definition) is 2. The highest BCUT2D eigenvalue weighted by Gasteiger charge is 2.23. The second-order valence-corrected chi connectivity index (χ2v) is 5.76. The van der Waals surface area contributed by atoms with Crippen LogP contribution in [0.3, 0.4) is 0 Å². The first kappa shape index (κ1) is 13.6. The van der Waals surface area contributed by atoms with Crippen molar-refractivity contribution in [1.29, 1.82) is 0 Å². The van der Waals surface area contributed by atoms with Crippen LogP contribution in [0.15, 0.2) is 22.7 Å². The van der Waals surface area contributed by atoms with Crippen LogP contribution in [0.4, 0.5) is 5.69 Å². The third-order valence-corrected chi connectivity index (χ3v) is 4.55. The Hall–Kier alpha value is -0.420. The van der Waals surface area contributed by atoms with Gasteiger partial charge in [-0.1, -0.05) is 51.8 Å². The molecule has 0 fully saturated rings. The molecule has 0 spiro atoms. The third-order valence-electron chi connectivity index (χ3n) is 2.61. The molecule has 2 atom stereocenters. The molecule has 1 aromatic rings. The van der Waals surface area contributed by atoms with Crippen LogP contribution >= 0.6 is 31.9 Å². The number of nitrogens with zero attached hydrogens (tertiary/aromatic N) is 1. The van der Waals surface area contributed by atoms with Gasteiger partial charge < -0.3 is 0 Å². The number of halogens is 2. The first-order valence-electron chi connectivity index (χ1n) is 5.05. The van der Waals surface area contributed by atoms with E-state index in [0.717, 1.165) is 16.5 Å². The summed E-state index contributed by atoms with van der Waals surface area (Å²) >= 11 is 6.80. The molecular formula is C11H13Br2NO2. The zero-order valence-electron chi connectivity index (χ0n) is 9.11. The fourth-order valence-electron chi connectivity index (χ4n) is 1.61. The van der Waals surface area contributed by atoms with Crippen LogP contribution in [0, 0.1) is 10.1 Å². The van der Waals surface area contributed by atoms with E-state index in [9.17, 15) is 10.1 Å². The Morgan fingerprint density at radius 3 is 2.62 bits per heavy atom. The van der Waals surface area contributed by atoms with E-state index >= 15 is 0 Å². The van der Waals surface area contributed by atoms with Gasteiger partial charge in [0, 0.05) is 26.8 Å². The van der Waals surface area contributed by atoms with E-state index in [4.69, 9.17) is 0 Å². The van der Waals surface area contributed by atoms with Crippen molar-refractivity contribution in [2.45, 2.75) is 31.0 Å². The molecule has 0 amide bonds. The molecule has 0 aliphatic carbocycles. The van der Waals surface area contributed by atoms with Crippen LogP contribution in [0.2, 0.25) is 0 Å². The smallest absolute Gasteiger partial charge is 0.258 e. The SMILES string of the molecule is CCC(Br)C(C)c1ccc(Br)cc1[N+](=O)[O-]. The fraction of sp³-hybridized carbons (Fsp3) is 0.455. The van der Waals surface area contributed by atoms with Crippen molar-refractivity contribution in [2.24, 2.45) is 0 Å². The fourth-order valence-corrected chi connectivity index (χ4v) is 2.24. The van der Waals surface area contributed by atoms with Gasteiger partial charge in [0.25, 0.3) is 5.69 Å². The maximum atomic E-state index is 11.0. The van der Waals surface area contributed by atoms with Crippen molar-refractivity contribution in [2.75, 3.05) is 0 Å². The van der Waals surface area contributed by atoms with Gasteiger partial charge in [-0.25, -0.2) is 0 Å². The second kappa shape index (κ2) is 5.77. The molecule has 5 heteroatoms. The maximum Gasteiger partial charge on any atom is 0.274 e. The normalized spacial score (nSPS) is 14.5. The van der Waals surface area contributed by atoms with Crippen LogP contribution in [0.5, 0.6) is 0 Å². The number of nitro groups is 1. The molecule has 0 aliphatic heterocycles. The predicted molar refractivity (Wildman–Crippen MR) is 72.2 cm³/mol. The quantitative estimate of drug-likeness (QED) is 0.451. The first-order chi connectivity index (χ1) is 7.47. The summed E-state index contributed by atoms with van der Waals surface area (Å²) < 4.78 is 0.734. The molecule has 0 heterocycles. The van der Waals surface area contributed by atoms with E-state index in [1.807, 2.05) is 19.1 Å². The van der Waals surface area contributed by atoms with Gasteiger partial charge in [0.15, 0.2) is 0 Å². The van der Waals surface area contributed by atoms with Crippen molar-refractivity contribution in [3.8, 4) is 0 Å². The highest BCUT2D eigenvalue weighted by atomic mass is 79.9. The topological polar surface area (TPSA) is 43.1 Å². The van der Waals surface area contributed by atoms with E-state index in [-0.39, 0.29) is 21.4 Å². The van der Waals surface area contributed by atoms with Gasteiger partial charge in [-0.05, 0) is 12.5 Å². The Morgan fingerprint density at radius 1 is 1.50 bits per heavy atom. The Balaban J connectivity index is 3.17. The molecule has 1 rings (SSSR count). The highest BCUT2D eigenvalue weighted by Crippen LogP contribution is 2.34. The standard InChI is InChI=1S/C11H13Br2NO2/c1-3-10(13)7(2)9-5-4-8(12)6-11(9)14(15)16/h4-7,10H,3H2,1-2H3. The molecule has 0 aliphatic rings. The summed E-state index contributed by atoms with van der Waals surface area (Å²) in [7, 11) is 0. The van der Waals surface area contributed by atoms with Crippen molar-refractivity contribution < 1.29 is 4.92 Å². The van der Waals surface area contributed by atoms with Crippen molar-refractivity contribution in [3.05, 3.63) is 38.3 Å². The largest absolute Gasteiger partial charge is 0.274 e. The lowest BCUT2D eigenvalue weighted by Gasteiger charge is -2.17. The summed E-state index contributed by atoms with van der Waals surface area (Å²) in [5.41, 5.74) is 0.955. The average molecular weight is 351 g/mol. The van der Waals surface area contributed by atoms with Gasteiger partial charge in [0.05, 0.1) is 4.92 Å². The van der Waals surface area contributed by atoms with Gasteiger partial charge in [0.2, 0.25) is 0 Å².